The zero-order chi connectivity index (χ0) is 28.6. The van der Waals surface area contributed by atoms with Crippen LogP contribution in [-0.4, -0.2) is 85.7 Å². The predicted octanol–water partition coefficient (Wildman–Crippen LogP) is 5.62. The molecule has 0 aliphatic carbocycles. The van der Waals surface area contributed by atoms with Crippen LogP contribution >= 0.6 is 10.6 Å². The van der Waals surface area contributed by atoms with Gasteiger partial charge >= 0.3 is 0 Å². The van der Waals surface area contributed by atoms with E-state index in [4.69, 9.17) is 14.7 Å². The molecule has 8 nitrogen and oxygen atoms in total. The molecule has 2 N–H and O–H groups in total. The van der Waals surface area contributed by atoms with E-state index in [0.29, 0.717) is 56.5 Å². The van der Waals surface area contributed by atoms with Crippen LogP contribution in [0.3, 0.4) is 0 Å². The smallest absolute Gasteiger partial charge is 0.254 e. The van der Waals surface area contributed by atoms with Gasteiger partial charge in [-0.3, -0.25) is 23.8 Å². The molecule has 0 spiro atoms. The lowest BCUT2D eigenvalue weighted by molar-refractivity contribution is 0.0302. The molecule has 0 saturated carbocycles. The zero-order valence-corrected chi connectivity index (χ0v) is 24.4. The molecular formula is C32H36N4O4S. The summed E-state index contributed by atoms with van der Waals surface area (Å²) in [6, 6.07) is 18.5. The number of aromatic nitrogens is 2. The van der Waals surface area contributed by atoms with Crippen LogP contribution in [0.4, 0.5) is 0 Å². The number of para-hydroxylation sites is 1. The number of aryl methyl sites for hydroxylation is 2. The molecule has 3 heterocycles. The normalized spacial score (nSPS) is 18.4. The highest BCUT2D eigenvalue weighted by Crippen LogP contribution is 2.40. The number of ether oxygens (including phenoxy) is 1. The first-order chi connectivity index (χ1) is 19.8. The largest absolute Gasteiger partial charge is 0.378 e. The van der Waals surface area contributed by atoms with E-state index in [0.717, 1.165) is 45.5 Å². The third kappa shape index (κ3) is 6.00. The van der Waals surface area contributed by atoms with Crippen molar-refractivity contribution in [3.05, 3.63) is 83.0 Å². The van der Waals surface area contributed by atoms with E-state index in [2.05, 4.69) is 36.1 Å². The molecule has 9 heteroatoms. The van der Waals surface area contributed by atoms with Crippen molar-refractivity contribution in [2.24, 2.45) is 0 Å². The Hall–Kier alpha value is -3.34. The van der Waals surface area contributed by atoms with Gasteiger partial charge in [0.2, 0.25) is 0 Å². The standard InChI is InChI=1S/C32H36N4O4S/c1-22-18-24(6-7-26(22)21-35-12-16-41(38,39)17-13-35)28-4-3-5-29-31(28)34-30(20-33-29)25-8-9-27(23(2)19-25)32(37)36-10-14-40-15-11-36/h3-9,18-20,38-39H,10-17,21H2,1-2H3. The highest BCUT2D eigenvalue weighted by molar-refractivity contribution is 8.24. The van der Waals surface area contributed by atoms with Crippen molar-refractivity contribution in [2.45, 2.75) is 20.4 Å². The van der Waals surface area contributed by atoms with Gasteiger partial charge in [-0.25, -0.2) is 4.98 Å². The van der Waals surface area contributed by atoms with Gasteiger partial charge in [-0.1, -0.05) is 36.4 Å². The lowest BCUT2D eigenvalue weighted by atomic mass is 9.98. The summed E-state index contributed by atoms with van der Waals surface area (Å²) in [4.78, 5) is 27.0. The number of rotatable bonds is 5. The summed E-state index contributed by atoms with van der Waals surface area (Å²) >= 11 is 0. The average molecular weight is 573 g/mol. The first-order valence-corrected chi connectivity index (χ1v) is 16.0. The van der Waals surface area contributed by atoms with Crippen LogP contribution in [0.15, 0.2) is 60.8 Å². The van der Waals surface area contributed by atoms with E-state index in [9.17, 15) is 13.9 Å². The third-order valence-corrected chi connectivity index (χ3v) is 9.81. The number of hydrogen-bond acceptors (Lipinski definition) is 7. The molecule has 2 saturated heterocycles. The van der Waals surface area contributed by atoms with Gasteiger partial charge in [0.1, 0.15) is 0 Å². The van der Waals surface area contributed by atoms with Crippen molar-refractivity contribution in [3.8, 4) is 22.4 Å². The van der Waals surface area contributed by atoms with Gasteiger partial charge in [-0.15, -0.1) is 0 Å². The van der Waals surface area contributed by atoms with Crippen molar-refractivity contribution >= 4 is 27.5 Å². The monoisotopic (exact) mass is 572 g/mol. The Bertz CT molecular complexity index is 1590. The highest BCUT2D eigenvalue weighted by atomic mass is 32.3. The van der Waals surface area contributed by atoms with Gasteiger partial charge in [-0.05, 0) is 54.3 Å². The molecule has 3 aromatic carbocycles. The Labute approximate surface area is 242 Å². The number of amides is 1. The second-order valence-electron chi connectivity index (χ2n) is 11.0. The molecule has 1 amide bonds. The van der Waals surface area contributed by atoms with E-state index >= 15 is 0 Å². The number of hydrogen-bond donors (Lipinski definition) is 2. The molecule has 2 aliphatic rings. The first-order valence-electron chi connectivity index (χ1n) is 14.1. The topological polar surface area (TPSA) is 99.0 Å². The van der Waals surface area contributed by atoms with Crippen molar-refractivity contribution < 1.29 is 18.6 Å². The molecule has 214 valence electrons. The van der Waals surface area contributed by atoms with Crippen molar-refractivity contribution in [3.63, 3.8) is 0 Å². The summed E-state index contributed by atoms with van der Waals surface area (Å²) in [5.41, 5.74) is 9.52. The minimum atomic E-state index is -2.39. The number of benzene rings is 3. The molecule has 1 aromatic heterocycles. The van der Waals surface area contributed by atoms with Crippen LogP contribution in [0.5, 0.6) is 0 Å². The summed E-state index contributed by atoms with van der Waals surface area (Å²) in [6.07, 6.45) is 1.80. The van der Waals surface area contributed by atoms with E-state index < -0.39 is 10.6 Å². The summed E-state index contributed by atoms with van der Waals surface area (Å²) in [6.45, 7) is 8.69. The summed E-state index contributed by atoms with van der Waals surface area (Å²) in [5.74, 6) is 0.945. The molecule has 4 aromatic rings. The number of carbonyl (C=O) groups excluding carboxylic acids is 1. The Kier molecular flexibility index (Phi) is 7.80. The minimum absolute atomic E-state index is 0.0411. The van der Waals surface area contributed by atoms with Gasteiger partial charge in [0.15, 0.2) is 0 Å². The maximum absolute atomic E-state index is 13.1. The Balaban J connectivity index is 1.26. The molecule has 41 heavy (non-hydrogen) atoms. The van der Waals surface area contributed by atoms with Gasteiger partial charge in [0, 0.05) is 49.4 Å². The van der Waals surface area contributed by atoms with Crippen molar-refractivity contribution in [2.75, 3.05) is 50.9 Å². The Morgan fingerprint density at radius 2 is 1.66 bits per heavy atom. The highest BCUT2D eigenvalue weighted by Gasteiger charge is 2.23. The molecule has 0 atom stereocenters. The van der Waals surface area contributed by atoms with Crippen LogP contribution in [-0.2, 0) is 11.3 Å². The van der Waals surface area contributed by atoms with E-state index in [1.54, 1.807) is 6.20 Å². The number of carbonyl (C=O) groups is 1. The fourth-order valence-electron chi connectivity index (χ4n) is 5.61. The Morgan fingerprint density at radius 3 is 2.39 bits per heavy atom. The fourth-order valence-corrected chi connectivity index (χ4v) is 6.91. The van der Waals surface area contributed by atoms with Gasteiger partial charge in [-0.2, -0.15) is 10.6 Å². The molecule has 0 bridgehead atoms. The quantitative estimate of drug-likeness (QED) is 0.320. The van der Waals surface area contributed by atoms with Crippen molar-refractivity contribution in [1.82, 2.24) is 19.8 Å². The van der Waals surface area contributed by atoms with E-state index in [1.165, 1.54) is 11.1 Å². The lowest BCUT2D eigenvalue weighted by Crippen LogP contribution is -2.40. The SMILES string of the molecule is Cc1cc(-c2cccc3ncc(-c4ccc(C(=O)N5CCOCC5)c(C)c4)nc23)ccc1CN1CCS(O)(O)CC1. The summed E-state index contributed by atoms with van der Waals surface area (Å²) < 4.78 is 25.3. The Morgan fingerprint density at radius 1 is 0.927 bits per heavy atom. The molecule has 2 fully saturated rings. The number of morpholine rings is 1. The van der Waals surface area contributed by atoms with E-state index in [1.807, 2.05) is 42.2 Å². The second kappa shape index (κ2) is 11.5. The maximum Gasteiger partial charge on any atom is 0.254 e. The average Bonchev–Trinajstić information content (AvgIpc) is 2.98. The van der Waals surface area contributed by atoms with Gasteiger partial charge in [0.25, 0.3) is 5.91 Å². The molecule has 0 unspecified atom stereocenters. The van der Waals surface area contributed by atoms with Gasteiger partial charge < -0.3 is 9.64 Å². The van der Waals surface area contributed by atoms with Crippen LogP contribution < -0.4 is 0 Å². The second-order valence-corrected chi connectivity index (χ2v) is 13.4. The fraction of sp³-hybridized carbons (Fsp3) is 0.344. The predicted molar refractivity (Wildman–Crippen MR) is 164 cm³/mol. The summed E-state index contributed by atoms with van der Waals surface area (Å²) in [7, 11) is -2.39. The number of fused-ring (bicyclic) bond motifs is 1. The number of nitrogens with zero attached hydrogens (tertiary/aromatic N) is 4. The lowest BCUT2D eigenvalue weighted by Gasteiger charge is -2.41. The van der Waals surface area contributed by atoms with Crippen LogP contribution in [0.1, 0.15) is 27.0 Å². The van der Waals surface area contributed by atoms with Gasteiger partial charge in [0.05, 0.1) is 47.6 Å². The summed E-state index contributed by atoms with van der Waals surface area (Å²) in [5, 5.41) is 0. The molecule has 2 aliphatic heterocycles. The maximum atomic E-state index is 13.1. The van der Waals surface area contributed by atoms with Crippen LogP contribution in [0.2, 0.25) is 0 Å². The van der Waals surface area contributed by atoms with Crippen LogP contribution in [0, 0.1) is 13.8 Å². The van der Waals surface area contributed by atoms with Crippen molar-refractivity contribution in [1.29, 1.82) is 0 Å². The minimum Gasteiger partial charge on any atom is -0.378 e. The van der Waals surface area contributed by atoms with Crippen LogP contribution in [0.25, 0.3) is 33.4 Å². The molecule has 0 radical (unpaired) electrons. The molecular weight excluding hydrogens is 536 g/mol. The molecule has 6 rings (SSSR count). The first kappa shape index (κ1) is 27.8. The third-order valence-electron chi connectivity index (χ3n) is 8.14. The van der Waals surface area contributed by atoms with E-state index in [-0.39, 0.29) is 5.91 Å². The zero-order valence-electron chi connectivity index (χ0n) is 23.5.